The van der Waals surface area contributed by atoms with Crippen LogP contribution in [-0.4, -0.2) is 11.7 Å². The Morgan fingerprint density at radius 3 is 2.09 bits per heavy atom. The highest BCUT2D eigenvalue weighted by Gasteiger charge is 2.25. The van der Waals surface area contributed by atoms with Gasteiger partial charge in [-0.05, 0) is 17.5 Å². The minimum absolute atomic E-state index is 0.182. The van der Waals surface area contributed by atoms with E-state index in [2.05, 4.69) is 5.32 Å². The highest BCUT2D eigenvalue weighted by atomic mass is 16.2. The molecule has 0 saturated heterocycles. The number of nitrogens with zero attached hydrogens (tertiary/aromatic N) is 1. The van der Waals surface area contributed by atoms with Crippen molar-refractivity contribution in [3.05, 3.63) is 71.8 Å². The number of nitrogens with one attached hydrogen (secondary N) is 1. The molecule has 0 fully saturated rings. The molecule has 0 bridgehead atoms. The molecule has 1 unspecified atom stereocenters. The number of hydrogen-bond acceptors (Lipinski definition) is 3. The van der Waals surface area contributed by atoms with Crippen molar-refractivity contribution in [3.63, 3.8) is 0 Å². The van der Waals surface area contributed by atoms with Crippen molar-refractivity contribution >= 4 is 11.7 Å². The Morgan fingerprint density at radius 1 is 0.957 bits per heavy atom. The van der Waals surface area contributed by atoms with Crippen LogP contribution in [0.3, 0.4) is 0 Å². The molecule has 1 N–H and O–H groups in total. The molecular formula is C19H18N2O2. The van der Waals surface area contributed by atoms with Crippen LogP contribution < -0.4 is 5.32 Å². The standard InChI is InChI=1S/C19H18N2O2/c20-13-17(18(22)12-11-15-7-3-1-4-8-15)19(23)21-14-16-9-5-2-6-10-16/h1-10,17H,11-12,14H2,(H,21,23). The first-order valence-electron chi connectivity index (χ1n) is 7.48. The van der Waals surface area contributed by atoms with Crippen LogP contribution in [0.2, 0.25) is 0 Å². The van der Waals surface area contributed by atoms with Gasteiger partial charge in [-0.1, -0.05) is 60.7 Å². The number of rotatable bonds is 7. The van der Waals surface area contributed by atoms with Gasteiger partial charge in [-0.3, -0.25) is 9.59 Å². The van der Waals surface area contributed by atoms with Crippen LogP contribution in [-0.2, 0) is 22.6 Å². The Labute approximate surface area is 135 Å². The first kappa shape index (κ1) is 16.4. The lowest BCUT2D eigenvalue weighted by Gasteiger charge is -2.09. The number of hydrogen-bond donors (Lipinski definition) is 1. The summed E-state index contributed by atoms with van der Waals surface area (Å²) in [5, 5.41) is 11.8. The van der Waals surface area contributed by atoms with Crippen molar-refractivity contribution in [1.82, 2.24) is 5.32 Å². The third kappa shape index (κ3) is 5.08. The number of ketones is 1. The van der Waals surface area contributed by atoms with Gasteiger partial charge in [0.25, 0.3) is 0 Å². The number of carbonyl (C=O) groups excluding carboxylic acids is 2. The molecule has 0 saturated carbocycles. The fourth-order valence-electron chi connectivity index (χ4n) is 2.22. The van der Waals surface area contributed by atoms with Crippen LogP contribution in [0.25, 0.3) is 0 Å². The Bertz CT molecular complexity index is 635. The summed E-state index contributed by atoms with van der Waals surface area (Å²) in [5.74, 6) is -2.13. The number of benzene rings is 2. The van der Waals surface area contributed by atoms with Crippen LogP contribution in [0.1, 0.15) is 17.5 Å². The van der Waals surface area contributed by atoms with E-state index in [0.717, 1.165) is 11.1 Å². The summed E-state index contributed by atoms with van der Waals surface area (Å²) in [4.78, 5) is 24.2. The molecule has 1 amide bonds. The Hall–Kier alpha value is -2.93. The first-order valence-corrected chi connectivity index (χ1v) is 7.48. The molecule has 2 rings (SSSR count). The van der Waals surface area contributed by atoms with Crippen LogP contribution in [0.5, 0.6) is 0 Å². The minimum Gasteiger partial charge on any atom is -0.350 e. The van der Waals surface area contributed by atoms with Crippen molar-refractivity contribution in [2.75, 3.05) is 0 Å². The number of nitriles is 1. The lowest BCUT2D eigenvalue weighted by molar-refractivity contribution is -0.131. The van der Waals surface area contributed by atoms with Gasteiger partial charge in [0.1, 0.15) is 0 Å². The third-order valence-electron chi connectivity index (χ3n) is 3.53. The summed E-state index contributed by atoms with van der Waals surface area (Å²) in [6.45, 7) is 0.309. The first-order chi connectivity index (χ1) is 11.2. The molecule has 4 nitrogen and oxygen atoms in total. The third-order valence-corrected chi connectivity index (χ3v) is 3.53. The van der Waals surface area contributed by atoms with E-state index < -0.39 is 11.8 Å². The van der Waals surface area contributed by atoms with Gasteiger partial charge in [0, 0.05) is 13.0 Å². The zero-order valence-electron chi connectivity index (χ0n) is 12.7. The van der Waals surface area contributed by atoms with E-state index in [1.807, 2.05) is 66.7 Å². The van der Waals surface area contributed by atoms with Gasteiger partial charge in [0.05, 0.1) is 6.07 Å². The highest BCUT2D eigenvalue weighted by Crippen LogP contribution is 2.08. The van der Waals surface area contributed by atoms with Gasteiger partial charge in [-0.25, -0.2) is 0 Å². The van der Waals surface area contributed by atoms with Gasteiger partial charge >= 0.3 is 0 Å². The molecule has 2 aromatic rings. The monoisotopic (exact) mass is 306 g/mol. The quantitative estimate of drug-likeness (QED) is 0.799. The lowest BCUT2D eigenvalue weighted by Crippen LogP contribution is -2.34. The molecular weight excluding hydrogens is 288 g/mol. The number of aryl methyl sites for hydroxylation is 1. The molecule has 2 aromatic carbocycles. The second-order valence-electron chi connectivity index (χ2n) is 5.22. The zero-order chi connectivity index (χ0) is 16.5. The highest BCUT2D eigenvalue weighted by molar-refractivity contribution is 6.03. The molecule has 1 atom stereocenters. The van der Waals surface area contributed by atoms with E-state index >= 15 is 0 Å². The largest absolute Gasteiger partial charge is 0.350 e. The predicted molar refractivity (Wildman–Crippen MR) is 87.2 cm³/mol. The number of amides is 1. The molecule has 0 aliphatic heterocycles. The van der Waals surface area contributed by atoms with Gasteiger partial charge in [-0.15, -0.1) is 0 Å². The van der Waals surface area contributed by atoms with Crippen LogP contribution in [0, 0.1) is 17.2 Å². The maximum atomic E-state index is 12.1. The predicted octanol–water partition coefficient (Wildman–Crippen LogP) is 2.64. The summed E-state index contributed by atoms with van der Waals surface area (Å²) in [5.41, 5.74) is 1.94. The maximum absolute atomic E-state index is 12.1. The van der Waals surface area contributed by atoms with Gasteiger partial charge in [-0.2, -0.15) is 5.26 Å². The average Bonchev–Trinajstić information content (AvgIpc) is 2.60. The van der Waals surface area contributed by atoms with E-state index in [1.165, 1.54) is 0 Å². The van der Waals surface area contributed by atoms with E-state index in [9.17, 15) is 9.59 Å². The molecule has 0 heterocycles. The van der Waals surface area contributed by atoms with E-state index in [4.69, 9.17) is 5.26 Å². The van der Waals surface area contributed by atoms with E-state index in [1.54, 1.807) is 0 Å². The van der Waals surface area contributed by atoms with Crippen molar-refractivity contribution in [2.24, 2.45) is 5.92 Å². The Morgan fingerprint density at radius 2 is 1.52 bits per heavy atom. The minimum atomic E-state index is -1.25. The number of Topliss-reactive ketones (excluding diaryl/α,β-unsaturated/α-hetero) is 1. The molecule has 23 heavy (non-hydrogen) atoms. The van der Waals surface area contributed by atoms with E-state index in [-0.39, 0.29) is 12.2 Å². The second-order valence-corrected chi connectivity index (χ2v) is 5.22. The SMILES string of the molecule is N#CC(C(=O)CCc1ccccc1)C(=O)NCc1ccccc1. The Balaban J connectivity index is 1.86. The van der Waals surface area contributed by atoms with Crippen molar-refractivity contribution in [2.45, 2.75) is 19.4 Å². The molecule has 0 spiro atoms. The number of carbonyl (C=O) groups is 2. The normalized spacial score (nSPS) is 11.3. The fraction of sp³-hybridized carbons (Fsp3) is 0.211. The van der Waals surface area contributed by atoms with Crippen LogP contribution >= 0.6 is 0 Å². The van der Waals surface area contributed by atoms with E-state index in [0.29, 0.717) is 13.0 Å². The van der Waals surface area contributed by atoms with Crippen molar-refractivity contribution in [1.29, 1.82) is 5.26 Å². The topological polar surface area (TPSA) is 70.0 Å². The lowest BCUT2D eigenvalue weighted by atomic mass is 9.98. The molecule has 0 aliphatic rings. The molecule has 4 heteroatoms. The zero-order valence-corrected chi connectivity index (χ0v) is 12.7. The molecule has 0 aliphatic carbocycles. The van der Waals surface area contributed by atoms with Crippen molar-refractivity contribution < 1.29 is 9.59 Å². The van der Waals surface area contributed by atoms with Crippen molar-refractivity contribution in [3.8, 4) is 6.07 Å². The van der Waals surface area contributed by atoms with Gasteiger partial charge < -0.3 is 5.32 Å². The summed E-state index contributed by atoms with van der Waals surface area (Å²) >= 11 is 0. The molecule has 0 aromatic heterocycles. The van der Waals surface area contributed by atoms with Gasteiger partial charge in [0.15, 0.2) is 11.7 Å². The second kappa shape index (κ2) is 8.50. The smallest absolute Gasteiger partial charge is 0.245 e. The van der Waals surface area contributed by atoms with Crippen LogP contribution in [0.15, 0.2) is 60.7 Å². The molecule has 116 valence electrons. The summed E-state index contributed by atoms with van der Waals surface area (Å²) < 4.78 is 0. The fourth-order valence-corrected chi connectivity index (χ4v) is 2.22. The Kier molecular flexibility index (Phi) is 6.07. The summed E-state index contributed by atoms with van der Waals surface area (Å²) in [6.07, 6.45) is 0.713. The molecule has 0 radical (unpaired) electrons. The van der Waals surface area contributed by atoms with Gasteiger partial charge in [0.2, 0.25) is 5.91 Å². The van der Waals surface area contributed by atoms with Crippen LogP contribution in [0.4, 0.5) is 0 Å². The summed E-state index contributed by atoms with van der Waals surface area (Å²) in [7, 11) is 0. The average molecular weight is 306 g/mol. The maximum Gasteiger partial charge on any atom is 0.245 e. The summed E-state index contributed by atoms with van der Waals surface area (Å²) in [6, 6.07) is 20.7.